The van der Waals surface area contributed by atoms with E-state index in [2.05, 4.69) is 14.5 Å². The molecule has 0 fully saturated rings. The normalized spacial score (nSPS) is 15.5. The molecule has 1 atom stereocenters. The Labute approximate surface area is 201 Å². The summed E-state index contributed by atoms with van der Waals surface area (Å²) < 4.78 is 30.2. The van der Waals surface area contributed by atoms with Crippen molar-refractivity contribution in [1.82, 2.24) is 9.55 Å². The number of carbonyl (C=O) groups excluding carboxylic acids is 1. The largest absolute Gasteiger partial charge is 0.369 e. The van der Waals surface area contributed by atoms with Crippen molar-refractivity contribution in [3.63, 3.8) is 0 Å². The Morgan fingerprint density at radius 2 is 1.88 bits per heavy atom. The third-order valence-electron chi connectivity index (χ3n) is 6.03. The number of aromatic nitrogens is 2. The fourth-order valence-corrected chi connectivity index (χ4v) is 5.03. The lowest BCUT2D eigenvalue weighted by molar-refractivity contribution is -0.117. The molecule has 33 heavy (non-hydrogen) atoms. The highest BCUT2D eigenvalue weighted by molar-refractivity contribution is 6.31. The number of hydrogen-bond acceptors (Lipinski definition) is 3. The van der Waals surface area contributed by atoms with Crippen LogP contribution in [0.25, 0.3) is 0 Å². The maximum Gasteiger partial charge on any atom is 0.221 e. The molecule has 1 aliphatic rings. The van der Waals surface area contributed by atoms with Crippen molar-refractivity contribution >= 4 is 34.8 Å². The van der Waals surface area contributed by atoms with Gasteiger partial charge in [0.1, 0.15) is 22.5 Å². The number of primary amides is 1. The van der Waals surface area contributed by atoms with Crippen molar-refractivity contribution in [2.75, 3.05) is 11.4 Å². The van der Waals surface area contributed by atoms with Crippen LogP contribution in [0, 0.1) is 11.6 Å². The molecule has 0 saturated heterocycles. The van der Waals surface area contributed by atoms with Gasteiger partial charge in [-0.2, -0.15) is 0 Å². The summed E-state index contributed by atoms with van der Waals surface area (Å²) in [5.74, 6) is -1.08. The number of rotatable bonds is 7. The second kappa shape index (κ2) is 9.69. The molecule has 5 nitrogen and oxygen atoms in total. The minimum Gasteiger partial charge on any atom is -0.369 e. The van der Waals surface area contributed by atoms with Crippen molar-refractivity contribution < 1.29 is 13.6 Å². The van der Waals surface area contributed by atoms with Crippen LogP contribution in [0.2, 0.25) is 10.2 Å². The summed E-state index contributed by atoms with van der Waals surface area (Å²) >= 11 is 12.2. The molecular weight excluding hydrogens is 469 g/mol. The zero-order valence-electron chi connectivity index (χ0n) is 18.1. The van der Waals surface area contributed by atoms with Crippen molar-refractivity contribution in [3.8, 4) is 0 Å². The Morgan fingerprint density at radius 3 is 2.55 bits per heavy atom. The molecule has 2 N–H and O–H groups in total. The number of nitrogens with zero attached hydrogens (tertiary/aromatic N) is 3. The number of benzene rings is 2. The molecule has 2 heterocycles. The number of hydrogen-bond donors (Lipinski definition) is 1. The van der Waals surface area contributed by atoms with Crippen LogP contribution < -0.4 is 10.6 Å². The molecule has 0 radical (unpaired) electrons. The molecule has 1 amide bonds. The molecule has 0 saturated carbocycles. The smallest absolute Gasteiger partial charge is 0.221 e. The van der Waals surface area contributed by atoms with Crippen molar-refractivity contribution in [2.24, 2.45) is 5.73 Å². The number of para-hydroxylation sites is 1. The Morgan fingerprint density at radius 1 is 1.18 bits per heavy atom. The molecule has 4 rings (SSSR count). The second-order valence-corrected chi connectivity index (χ2v) is 8.84. The van der Waals surface area contributed by atoms with E-state index < -0.39 is 22.6 Å². The lowest BCUT2D eigenvalue weighted by atomic mass is 9.97. The lowest BCUT2D eigenvalue weighted by Crippen LogP contribution is -2.39. The zero-order valence-corrected chi connectivity index (χ0v) is 19.6. The number of aryl methyl sites for hydroxylation is 2. The summed E-state index contributed by atoms with van der Waals surface area (Å²) in [7, 11) is 0. The predicted octanol–water partition coefficient (Wildman–Crippen LogP) is 5.25. The van der Waals surface area contributed by atoms with Crippen LogP contribution in [0.15, 0.2) is 36.4 Å². The summed E-state index contributed by atoms with van der Waals surface area (Å²) in [6.07, 6.45) is 1.77. The fourth-order valence-electron chi connectivity index (χ4n) is 4.59. The van der Waals surface area contributed by atoms with E-state index >= 15 is 0 Å². The van der Waals surface area contributed by atoms with Gasteiger partial charge in [0, 0.05) is 25.2 Å². The van der Waals surface area contributed by atoms with Crippen LogP contribution >= 0.6 is 23.2 Å². The third-order valence-corrected chi connectivity index (χ3v) is 6.67. The number of nitrogens with two attached hydrogens (primary N) is 1. The first-order valence-corrected chi connectivity index (χ1v) is 11.6. The molecule has 0 unspecified atom stereocenters. The average molecular weight is 493 g/mol. The first-order valence-electron chi connectivity index (χ1n) is 10.8. The number of fused-ring (bicyclic) bond motifs is 1. The summed E-state index contributed by atoms with van der Waals surface area (Å²) in [6.45, 7) is 3.37. The molecule has 1 aromatic heterocycles. The molecule has 9 heteroatoms. The van der Waals surface area contributed by atoms with Crippen LogP contribution in [0.1, 0.15) is 42.0 Å². The van der Waals surface area contributed by atoms with Gasteiger partial charge in [-0.1, -0.05) is 48.3 Å². The van der Waals surface area contributed by atoms with Gasteiger partial charge in [0.15, 0.2) is 5.15 Å². The summed E-state index contributed by atoms with van der Waals surface area (Å²) in [6, 6.07) is 9.92. The number of imidazole rings is 1. The highest BCUT2D eigenvalue weighted by Crippen LogP contribution is 2.39. The lowest BCUT2D eigenvalue weighted by Gasteiger charge is -2.40. The van der Waals surface area contributed by atoms with Gasteiger partial charge < -0.3 is 15.2 Å². The molecular formula is C24H24Cl2F2N4O. The Hall–Kier alpha value is -2.64. The first kappa shape index (κ1) is 23.5. The molecule has 2 aromatic carbocycles. The van der Waals surface area contributed by atoms with E-state index in [1.165, 1.54) is 12.1 Å². The first-order chi connectivity index (χ1) is 15.8. The topological polar surface area (TPSA) is 64.2 Å². The van der Waals surface area contributed by atoms with E-state index in [0.717, 1.165) is 29.2 Å². The zero-order chi connectivity index (χ0) is 23.7. The maximum atomic E-state index is 14.0. The van der Waals surface area contributed by atoms with Crippen molar-refractivity contribution in [2.45, 2.75) is 45.2 Å². The van der Waals surface area contributed by atoms with E-state index in [9.17, 15) is 13.6 Å². The molecule has 0 aliphatic carbocycles. The molecule has 0 spiro atoms. The minimum absolute atomic E-state index is 0.111. The van der Waals surface area contributed by atoms with Gasteiger partial charge in [-0.15, -0.1) is 0 Å². The fraction of sp³-hybridized carbons (Fsp3) is 0.333. The van der Waals surface area contributed by atoms with Crippen molar-refractivity contribution in [3.05, 3.63) is 80.9 Å². The second-order valence-electron chi connectivity index (χ2n) is 8.10. The van der Waals surface area contributed by atoms with E-state index in [0.29, 0.717) is 36.6 Å². The summed E-state index contributed by atoms with van der Waals surface area (Å²) in [5, 5.41) is -0.0884. The maximum absolute atomic E-state index is 14.0. The van der Waals surface area contributed by atoms with Crippen LogP contribution in [0.3, 0.4) is 0 Å². The van der Waals surface area contributed by atoms with Gasteiger partial charge in [0.25, 0.3) is 0 Å². The van der Waals surface area contributed by atoms with Gasteiger partial charge >= 0.3 is 0 Å². The Kier molecular flexibility index (Phi) is 6.91. The van der Waals surface area contributed by atoms with E-state index in [4.69, 9.17) is 28.9 Å². The van der Waals surface area contributed by atoms with Gasteiger partial charge in [-0.25, -0.2) is 13.8 Å². The standard InChI is InChI=1S/C24H24Cl2F2N4O/c1-2-21-30-24(26)23-19(8-7-14-11-16(27)22(25)17(28)12-14)31(9-10-32(21)23)18-6-4-3-5-15(18)13-20(29)33/h3-6,11-12,19H,2,7-10,13H2,1H3,(H2,29,33)/t19-/m0/s1. The summed E-state index contributed by atoms with van der Waals surface area (Å²) in [4.78, 5) is 18.4. The SMILES string of the molecule is CCc1nc(Cl)c2n1CCN(c1ccccc1CC(N)=O)[C@H]2CCc1cc(F)c(Cl)c(F)c1. The Bertz CT molecular complexity index is 1170. The average Bonchev–Trinajstić information content (AvgIpc) is 3.11. The van der Waals surface area contributed by atoms with E-state index in [-0.39, 0.29) is 12.5 Å². The van der Waals surface area contributed by atoms with Crippen LogP contribution in [0.4, 0.5) is 14.5 Å². The van der Waals surface area contributed by atoms with Crippen LogP contribution in [-0.2, 0) is 30.6 Å². The number of amides is 1. The van der Waals surface area contributed by atoms with Gasteiger partial charge in [0.2, 0.25) is 5.91 Å². The van der Waals surface area contributed by atoms with Crippen LogP contribution in [0.5, 0.6) is 0 Å². The molecule has 1 aliphatic heterocycles. The highest BCUT2D eigenvalue weighted by atomic mass is 35.5. The Balaban J connectivity index is 1.74. The monoisotopic (exact) mass is 492 g/mol. The molecule has 174 valence electrons. The minimum atomic E-state index is -0.782. The predicted molar refractivity (Wildman–Crippen MR) is 126 cm³/mol. The number of carbonyl (C=O) groups is 1. The van der Waals surface area contributed by atoms with E-state index in [1.54, 1.807) is 0 Å². The molecule has 3 aromatic rings. The number of anilines is 1. The number of halogens is 4. The quantitative estimate of drug-likeness (QED) is 0.458. The van der Waals surface area contributed by atoms with Gasteiger partial charge in [0.05, 0.1) is 18.2 Å². The third kappa shape index (κ3) is 4.70. The van der Waals surface area contributed by atoms with Gasteiger partial charge in [-0.05, 0) is 42.2 Å². The molecule has 0 bridgehead atoms. The van der Waals surface area contributed by atoms with Crippen LogP contribution in [-0.4, -0.2) is 22.0 Å². The van der Waals surface area contributed by atoms with Crippen molar-refractivity contribution in [1.29, 1.82) is 0 Å². The summed E-state index contributed by atoms with van der Waals surface area (Å²) in [5.41, 5.74) is 8.55. The highest BCUT2D eigenvalue weighted by Gasteiger charge is 2.33. The van der Waals surface area contributed by atoms with Gasteiger partial charge in [-0.3, -0.25) is 4.79 Å². The van der Waals surface area contributed by atoms with E-state index in [1.807, 2.05) is 31.2 Å².